The second kappa shape index (κ2) is 4.83. The van der Waals surface area contributed by atoms with E-state index in [4.69, 9.17) is 0 Å². The minimum Gasteiger partial charge on any atom is -0.296 e. The van der Waals surface area contributed by atoms with Crippen molar-refractivity contribution in [3.8, 4) is 0 Å². The number of halogens is 1. The molecular formula is C11H6BrN3OS2. The van der Waals surface area contributed by atoms with Crippen LogP contribution in [0.4, 0.5) is 0 Å². The fraction of sp³-hybridized carbons (Fsp3) is 0. The number of aldehydes is 1. The smallest absolute Gasteiger partial charge is 0.170 e. The van der Waals surface area contributed by atoms with Gasteiger partial charge in [-0.25, -0.2) is 0 Å². The number of aromatic nitrogens is 3. The summed E-state index contributed by atoms with van der Waals surface area (Å²) in [6, 6.07) is 8.23. The summed E-state index contributed by atoms with van der Waals surface area (Å²) < 4.78 is 3.34. The predicted octanol–water partition coefficient (Wildman–Crippen LogP) is 3.75. The first-order chi connectivity index (χ1) is 8.76. The minimum absolute atomic E-state index is 0.415. The van der Waals surface area contributed by atoms with Crippen LogP contribution in [0.1, 0.15) is 10.5 Å². The van der Waals surface area contributed by atoms with Gasteiger partial charge in [0, 0.05) is 9.17 Å². The van der Waals surface area contributed by atoms with Crippen molar-refractivity contribution in [2.24, 2.45) is 0 Å². The molecule has 0 saturated carbocycles. The number of rotatable bonds is 3. The van der Waals surface area contributed by atoms with Gasteiger partial charge in [-0.15, -0.1) is 16.4 Å². The van der Waals surface area contributed by atoms with Gasteiger partial charge in [0.15, 0.2) is 11.3 Å². The number of aromatic amines is 1. The van der Waals surface area contributed by atoms with Crippen LogP contribution in [-0.2, 0) is 0 Å². The lowest BCUT2D eigenvalue weighted by Gasteiger charge is -1.90. The number of benzene rings is 1. The summed E-state index contributed by atoms with van der Waals surface area (Å²) in [5.41, 5.74) is 0.415. The van der Waals surface area contributed by atoms with Crippen LogP contribution in [0, 0.1) is 0 Å². The van der Waals surface area contributed by atoms with Gasteiger partial charge in [-0.05, 0) is 29.7 Å². The largest absolute Gasteiger partial charge is 0.296 e. The molecular weight excluding hydrogens is 334 g/mol. The number of nitrogens with one attached hydrogen (secondary N) is 1. The quantitative estimate of drug-likeness (QED) is 0.738. The molecule has 1 N–H and O–H groups in total. The van der Waals surface area contributed by atoms with Gasteiger partial charge in [-0.3, -0.25) is 9.89 Å². The molecule has 0 bridgehead atoms. The summed E-state index contributed by atoms with van der Waals surface area (Å²) in [5, 5.41) is 11.9. The molecule has 3 rings (SSSR count). The molecule has 1 aromatic carbocycles. The topological polar surface area (TPSA) is 58.6 Å². The molecule has 2 aromatic heterocycles. The molecule has 90 valence electrons. The van der Waals surface area contributed by atoms with Crippen LogP contribution in [0.3, 0.4) is 0 Å². The molecule has 0 aliphatic heterocycles. The van der Waals surface area contributed by atoms with Gasteiger partial charge < -0.3 is 0 Å². The maximum atomic E-state index is 10.8. The Balaban J connectivity index is 1.98. The van der Waals surface area contributed by atoms with E-state index in [1.54, 1.807) is 11.3 Å². The van der Waals surface area contributed by atoms with E-state index < -0.39 is 0 Å². The first kappa shape index (κ1) is 11.9. The average Bonchev–Trinajstić information content (AvgIpc) is 2.94. The van der Waals surface area contributed by atoms with Gasteiger partial charge in [-0.2, -0.15) is 0 Å². The maximum absolute atomic E-state index is 10.8. The Morgan fingerprint density at radius 1 is 1.39 bits per heavy atom. The Bertz CT molecular complexity index is 722. The zero-order valence-corrected chi connectivity index (χ0v) is 12.1. The lowest BCUT2D eigenvalue weighted by molar-refractivity contribution is 0.111. The average molecular weight is 340 g/mol. The highest BCUT2D eigenvalue weighted by Gasteiger charge is 2.10. The molecule has 0 fully saturated rings. The van der Waals surface area contributed by atoms with Crippen LogP contribution in [0.15, 0.2) is 38.0 Å². The molecule has 0 aliphatic carbocycles. The van der Waals surface area contributed by atoms with Crippen LogP contribution in [0.25, 0.3) is 10.1 Å². The molecule has 7 heteroatoms. The lowest BCUT2D eigenvalue weighted by Crippen LogP contribution is -1.81. The normalized spacial score (nSPS) is 10.9. The molecule has 0 saturated heterocycles. The van der Waals surface area contributed by atoms with Gasteiger partial charge in [0.2, 0.25) is 0 Å². The molecule has 4 nitrogen and oxygen atoms in total. The molecule has 0 amide bonds. The highest BCUT2D eigenvalue weighted by atomic mass is 79.9. The van der Waals surface area contributed by atoms with Crippen LogP contribution >= 0.6 is 39.0 Å². The van der Waals surface area contributed by atoms with E-state index in [9.17, 15) is 4.79 Å². The Labute approximate surface area is 119 Å². The molecule has 3 aromatic rings. The molecule has 0 unspecified atom stereocenters. The van der Waals surface area contributed by atoms with Crippen molar-refractivity contribution in [3.05, 3.63) is 34.4 Å². The fourth-order valence-corrected chi connectivity index (χ4v) is 4.00. The van der Waals surface area contributed by atoms with Crippen LogP contribution < -0.4 is 0 Å². The summed E-state index contributed by atoms with van der Waals surface area (Å²) in [7, 11) is 0. The van der Waals surface area contributed by atoms with Gasteiger partial charge in [0.25, 0.3) is 0 Å². The van der Waals surface area contributed by atoms with E-state index in [2.05, 4.69) is 49.5 Å². The summed E-state index contributed by atoms with van der Waals surface area (Å²) in [6.07, 6.45) is 0.728. The molecule has 18 heavy (non-hydrogen) atoms. The zero-order chi connectivity index (χ0) is 12.5. The minimum atomic E-state index is 0.415. The number of H-pyrrole nitrogens is 1. The van der Waals surface area contributed by atoms with Gasteiger partial charge in [0.05, 0.1) is 4.21 Å². The number of nitrogens with zero attached hydrogens (tertiary/aromatic N) is 2. The lowest BCUT2D eigenvalue weighted by atomic mass is 10.3. The van der Waals surface area contributed by atoms with Gasteiger partial charge in [-0.1, -0.05) is 32.9 Å². The molecule has 0 radical (unpaired) electrons. The summed E-state index contributed by atoms with van der Waals surface area (Å²) in [5.74, 6) is 0. The van der Waals surface area contributed by atoms with Crippen LogP contribution in [0.2, 0.25) is 0 Å². The first-order valence-corrected chi connectivity index (χ1v) is 7.42. The third kappa shape index (κ3) is 2.21. The number of hydrogen-bond acceptors (Lipinski definition) is 5. The van der Waals surface area contributed by atoms with Crippen molar-refractivity contribution in [1.82, 2.24) is 15.4 Å². The Kier molecular flexibility index (Phi) is 3.19. The van der Waals surface area contributed by atoms with E-state index in [0.29, 0.717) is 10.7 Å². The fourth-order valence-electron chi connectivity index (χ4n) is 1.51. The third-order valence-electron chi connectivity index (χ3n) is 2.31. The number of thiophene rings is 1. The zero-order valence-electron chi connectivity index (χ0n) is 8.88. The second-order valence-corrected chi connectivity index (χ2v) is 6.79. The predicted molar refractivity (Wildman–Crippen MR) is 75.4 cm³/mol. The Morgan fingerprint density at radius 2 is 2.28 bits per heavy atom. The van der Waals surface area contributed by atoms with Crippen molar-refractivity contribution in [2.75, 3.05) is 0 Å². The van der Waals surface area contributed by atoms with Crippen molar-refractivity contribution >= 4 is 55.4 Å². The molecule has 0 aliphatic rings. The SMILES string of the molecule is O=Cc1[nH]nnc1Sc1cc2cc(Br)ccc2s1. The van der Waals surface area contributed by atoms with E-state index in [0.717, 1.165) is 15.0 Å². The summed E-state index contributed by atoms with van der Waals surface area (Å²) in [4.78, 5) is 10.8. The number of carbonyl (C=O) groups is 1. The van der Waals surface area contributed by atoms with Crippen LogP contribution in [0.5, 0.6) is 0 Å². The van der Waals surface area contributed by atoms with Crippen molar-refractivity contribution in [2.45, 2.75) is 9.24 Å². The van der Waals surface area contributed by atoms with Crippen molar-refractivity contribution in [3.63, 3.8) is 0 Å². The highest BCUT2D eigenvalue weighted by Crippen LogP contribution is 2.37. The third-order valence-corrected chi connectivity index (χ3v) is 5.03. The summed E-state index contributed by atoms with van der Waals surface area (Å²) in [6.45, 7) is 0. The molecule has 0 atom stereocenters. The number of fused-ring (bicyclic) bond motifs is 1. The van der Waals surface area contributed by atoms with Gasteiger partial charge in [0.1, 0.15) is 5.69 Å². The van der Waals surface area contributed by atoms with Crippen molar-refractivity contribution < 1.29 is 4.79 Å². The number of carbonyl (C=O) groups excluding carboxylic acids is 1. The van der Waals surface area contributed by atoms with E-state index in [1.807, 2.05) is 6.07 Å². The highest BCUT2D eigenvalue weighted by molar-refractivity contribution is 9.10. The van der Waals surface area contributed by atoms with E-state index >= 15 is 0 Å². The second-order valence-electron chi connectivity index (χ2n) is 3.50. The summed E-state index contributed by atoms with van der Waals surface area (Å²) >= 11 is 6.56. The van der Waals surface area contributed by atoms with Gasteiger partial charge >= 0.3 is 0 Å². The van der Waals surface area contributed by atoms with Crippen LogP contribution in [-0.4, -0.2) is 21.7 Å². The van der Waals surface area contributed by atoms with Crippen molar-refractivity contribution in [1.29, 1.82) is 0 Å². The molecule has 2 heterocycles. The number of hydrogen-bond donors (Lipinski definition) is 1. The monoisotopic (exact) mass is 339 g/mol. The Morgan fingerprint density at radius 3 is 3.11 bits per heavy atom. The standard InChI is InChI=1S/C11H6BrN3OS2/c12-7-1-2-9-6(3-7)4-10(17-9)18-11-8(5-16)13-15-14-11/h1-5H,(H,13,14,15). The maximum Gasteiger partial charge on any atom is 0.170 e. The van der Waals surface area contributed by atoms with E-state index in [1.165, 1.54) is 21.8 Å². The molecule has 0 spiro atoms. The van der Waals surface area contributed by atoms with E-state index in [-0.39, 0.29) is 0 Å². The first-order valence-electron chi connectivity index (χ1n) is 4.99. The Hall–Kier alpha value is -1.18.